The number of aromatic nitrogens is 1. The summed E-state index contributed by atoms with van der Waals surface area (Å²) in [5.74, 6) is -0.896. The number of amides is 2. The summed E-state index contributed by atoms with van der Waals surface area (Å²) in [7, 11) is 1.49. The second-order valence-corrected chi connectivity index (χ2v) is 11.1. The third kappa shape index (κ3) is 8.89. The van der Waals surface area contributed by atoms with Crippen molar-refractivity contribution in [1.82, 2.24) is 15.6 Å². The van der Waals surface area contributed by atoms with E-state index in [4.69, 9.17) is 18.9 Å². The van der Waals surface area contributed by atoms with Crippen LogP contribution in [-0.2, 0) is 19.0 Å². The van der Waals surface area contributed by atoms with Gasteiger partial charge in [0, 0.05) is 23.6 Å². The third-order valence-electron chi connectivity index (χ3n) is 6.78. The molecule has 10 nitrogen and oxygen atoms in total. The van der Waals surface area contributed by atoms with Gasteiger partial charge < -0.3 is 29.6 Å². The van der Waals surface area contributed by atoms with Crippen molar-refractivity contribution in [1.29, 1.82) is 0 Å². The van der Waals surface area contributed by atoms with Gasteiger partial charge in [0.1, 0.15) is 17.4 Å². The molecule has 0 radical (unpaired) electrons. The zero-order valence-electron chi connectivity index (χ0n) is 24.6. The van der Waals surface area contributed by atoms with E-state index in [0.717, 1.165) is 42.3 Å². The fourth-order valence-electron chi connectivity index (χ4n) is 4.69. The maximum absolute atomic E-state index is 13.1. The lowest BCUT2D eigenvalue weighted by molar-refractivity contribution is -0.164. The Kier molecular flexibility index (Phi) is 10.9. The number of unbranched alkanes of at least 4 members (excludes halogenated alkanes) is 2. The van der Waals surface area contributed by atoms with Crippen molar-refractivity contribution in [3.63, 3.8) is 0 Å². The van der Waals surface area contributed by atoms with Crippen LogP contribution < -0.4 is 15.4 Å². The van der Waals surface area contributed by atoms with Gasteiger partial charge in [0.25, 0.3) is 0 Å². The minimum absolute atomic E-state index is 0.250. The van der Waals surface area contributed by atoms with Crippen molar-refractivity contribution in [3.05, 3.63) is 35.5 Å². The van der Waals surface area contributed by atoms with Crippen LogP contribution in [0.1, 0.15) is 82.3 Å². The number of ketones is 1. The highest BCUT2D eigenvalue weighted by atomic mass is 16.7. The van der Waals surface area contributed by atoms with Gasteiger partial charge in [-0.25, -0.2) is 4.79 Å². The zero-order valence-corrected chi connectivity index (χ0v) is 24.6. The lowest BCUT2D eigenvalue weighted by atomic mass is 10.0. The third-order valence-corrected chi connectivity index (χ3v) is 6.78. The van der Waals surface area contributed by atoms with Crippen LogP contribution in [0.25, 0.3) is 10.9 Å². The molecule has 1 saturated heterocycles. The first-order valence-electron chi connectivity index (χ1n) is 14.0. The van der Waals surface area contributed by atoms with Crippen LogP contribution in [0.2, 0.25) is 0 Å². The predicted molar refractivity (Wildman–Crippen MR) is 152 cm³/mol. The predicted octanol–water partition coefficient (Wildman–Crippen LogP) is 4.85. The summed E-state index contributed by atoms with van der Waals surface area (Å²) in [6.45, 7) is 10.2. The first-order chi connectivity index (χ1) is 18.9. The number of carbonyl (C=O) groups is 3. The Labute approximate surface area is 236 Å². The minimum Gasteiger partial charge on any atom is -0.496 e. The number of benzene rings is 1. The smallest absolute Gasteiger partial charge is 0.408 e. The van der Waals surface area contributed by atoms with Crippen LogP contribution in [0.3, 0.4) is 0 Å². The largest absolute Gasteiger partial charge is 0.496 e. The Morgan fingerprint density at radius 2 is 1.82 bits per heavy atom. The van der Waals surface area contributed by atoms with E-state index in [-0.39, 0.29) is 12.3 Å². The second kappa shape index (κ2) is 13.9. The number of nitrogens with one attached hydrogen (secondary N) is 2. The molecule has 2 amide bonds. The van der Waals surface area contributed by atoms with Crippen molar-refractivity contribution in [2.75, 3.05) is 26.9 Å². The number of Topliss-reactive ketones (excluding diaryl/α,β-unsaturated/α-hetero) is 1. The Hall–Kier alpha value is -3.24. The summed E-state index contributed by atoms with van der Waals surface area (Å²) in [5.41, 5.74) is 1.21. The maximum atomic E-state index is 13.1. The number of carbonyl (C=O) groups excluding carboxylic acids is 3. The molecular weight excluding hydrogens is 514 g/mol. The van der Waals surface area contributed by atoms with Gasteiger partial charge in [-0.3, -0.25) is 14.6 Å². The number of ether oxygens (including phenoxy) is 4. The molecule has 10 heteroatoms. The van der Waals surface area contributed by atoms with Crippen LogP contribution in [0, 0.1) is 6.92 Å². The normalized spacial score (nSPS) is 15.4. The topological polar surface area (TPSA) is 125 Å². The van der Waals surface area contributed by atoms with E-state index in [1.165, 1.54) is 7.11 Å². The number of hydrogen-bond acceptors (Lipinski definition) is 8. The standard InChI is InChI=1S/C30H43N3O7/c1-7-30(38-15-16-39-30)14-10-8-9-11-23(33-28(36)40-29(3,4)5)27(35)31-19-25(34)22-17-21-13-12-20(2)32-24(21)18-26(22)37-6/h12-13,17-18,23H,7-11,14-16,19H2,1-6H3,(H,31,35)(H,33,36)/t23-/m0/s1. The molecule has 0 unspecified atom stereocenters. The molecule has 0 bridgehead atoms. The Morgan fingerprint density at radius 3 is 2.48 bits per heavy atom. The van der Waals surface area contributed by atoms with E-state index in [0.29, 0.717) is 37.4 Å². The number of rotatable bonds is 13. The molecule has 0 aliphatic carbocycles. The molecule has 40 heavy (non-hydrogen) atoms. The number of nitrogens with zero attached hydrogens (tertiary/aromatic N) is 1. The molecule has 1 aromatic heterocycles. The number of aryl methyl sites for hydroxylation is 1. The van der Waals surface area contributed by atoms with Crippen LogP contribution in [0.5, 0.6) is 5.75 Å². The zero-order chi connectivity index (χ0) is 29.3. The van der Waals surface area contributed by atoms with Crippen molar-refractivity contribution in [2.24, 2.45) is 0 Å². The Bertz CT molecular complexity index is 1190. The van der Waals surface area contributed by atoms with E-state index in [2.05, 4.69) is 15.6 Å². The highest BCUT2D eigenvalue weighted by molar-refractivity contribution is 6.04. The van der Waals surface area contributed by atoms with Crippen molar-refractivity contribution >= 4 is 28.7 Å². The van der Waals surface area contributed by atoms with Crippen molar-refractivity contribution in [2.45, 2.75) is 90.6 Å². The minimum atomic E-state index is -0.854. The van der Waals surface area contributed by atoms with Crippen LogP contribution in [0.4, 0.5) is 4.79 Å². The molecular formula is C30H43N3O7. The first kappa shape index (κ1) is 31.3. The average molecular weight is 558 g/mol. The monoisotopic (exact) mass is 557 g/mol. The highest BCUT2D eigenvalue weighted by Gasteiger charge is 2.33. The second-order valence-electron chi connectivity index (χ2n) is 11.1. The van der Waals surface area contributed by atoms with Gasteiger partial charge in [-0.2, -0.15) is 0 Å². The number of methoxy groups -OCH3 is 1. The molecule has 1 atom stereocenters. The molecule has 2 N–H and O–H groups in total. The highest BCUT2D eigenvalue weighted by Crippen LogP contribution is 2.29. The number of alkyl carbamates (subject to hydrolysis) is 1. The van der Waals surface area contributed by atoms with E-state index in [1.807, 2.05) is 26.0 Å². The SMILES string of the molecule is CCC1(CCCCC[C@H](NC(=O)OC(C)(C)C)C(=O)NCC(=O)c2cc3ccc(C)nc3cc2OC)OCCO1. The molecule has 220 valence electrons. The summed E-state index contributed by atoms with van der Waals surface area (Å²) in [6, 6.07) is 6.34. The quantitative estimate of drug-likeness (QED) is 0.265. The summed E-state index contributed by atoms with van der Waals surface area (Å²) in [5, 5.41) is 6.16. The van der Waals surface area contributed by atoms with Gasteiger partial charge in [0.15, 0.2) is 11.6 Å². The van der Waals surface area contributed by atoms with Crippen LogP contribution >= 0.6 is 0 Å². The molecule has 1 aliphatic rings. The van der Waals surface area contributed by atoms with E-state index >= 15 is 0 Å². The van der Waals surface area contributed by atoms with Gasteiger partial charge in [-0.05, 0) is 59.1 Å². The Morgan fingerprint density at radius 1 is 1.10 bits per heavy atom. The van der Waals surface area contributed by atoms with Gasteiger partial charge >= 0.3 is 6.09 Å². The van der Waals surface area contributed by atoms with Gasteiger partial charge in [-0.15, -0.1) is 0 Å². The molecule has 2 aromatic rings. The van der Waals surface area contributed by atoms with Gasteiger partial charge in [-0.1, -0.05) is 25.8 Å². The first-order valence-corrected chi connectivity index (χ1v) is 14.0. The summed E-state index contributed by atoms with van der Waals surface area (Å²) >= 11 is 0. The van der Waals surface area contributed by atoms with Gasteiger partial charge in [0.05, 0.1) is 37.9 Å². The Balaban J connectivity index is 1.61. The lowest BCUT2D eigenvalue weighted by Gasteiger charge is -2.26. The van der Waals surface area contributed by atoms with Crippen molar-refractivity contribution < 1.29 is 33.3 Å². The number of fused-ring (bicyclic) bond motifs is 1. The van der Waals surface area contributed by atoms with E-state index in [9.17, 15) is 14.4 Å². The summed E-state index contributed by atoms with van der Waals surface area (Å²) in [4.78, 5) is 43.2. The molecule has 1 aliphatic heterocycles. The summed E-state index contributed by atoms with van der Waals surface area (Å²) in [6.07, 6.45) is 3.65. The lowest BCUT2D eigenvalue weighted by Crippen LogP contribution is -2.49. The number of pyridine rings is 1. The molecule has 0 saturated carbocycles. The van der Waals surface area contributed by atoms with Gasteiger partial charge in [0.2, 0.25) is 5.91 Å². The molecule has 0 spiro atoms. The van der Waals surface area contributed by atoms with E-state index in [1.54, 1.807) is 32.9 Å². The van der Waals surface area contributed by atoms with Crippen LogP contribution in [-0.4, -0.2) is 67.1 Å². The average Bonchev–Trinajstić information content (AvgIpc) is 3.38. The molecule has 2 heterocycles. The van der Waals surface area contributed by atoms with Crippen molar-refractivity contribution in [3.8, 4) is 5.75 Å². The molecule has 1 fully saturated rings. The number of hydrogen-bond donors (Lipinski definition) is 2. The maximum Gasteiger partial charge on any atom is 0.408 e. The fourth-order valence-corrected chi connectivity index (χ4v) is 4.69. The van der Waals surface area contributed by atoms with E-state index < -0.39 is 29.4 Å². The fraction of sp³-hybridized carbons (Fsp3) is 0.600. The molecule has 1 aromatic carbocycles. The summed E-state index contributed by atoms with van der Waals surface area (Å²) < 4.78 is 22.4. The molecule has 3 rings (SSSR count). The van der Waals surface area contributed by atoms with Crippen LogP contribution in [0.15, 0.2) is 24.3 Å².